The van der Waals surface area contributed by atoms with Crippen molar-refractivity contribution in [2.24, 2.45) is 5.41 Å². The van der Waals surface area contributed by atoms with Crippen LogP contribution < -0.4 is 10.6 Å². The molecule has 1 saturated carbocycles. The van der Waals surface area contributed by atoms with Crippen molar-refractivity contribution in [3.05, 3.63) is 29.8 Å². The van der Waals surface area contributed by atoms with Gasteiger partial charge in [-0.15, -0.1) is 0 Å². The highest BCUT2D eigenvalue weighted by Crippen LogP contribution is 2.42. The number of hydrogen-bond donors (Lipinski definition) is 3. The van der Waals surface area contributed by atoms with E-state index in [0.29, 0.717) is 12.1 Å². The van der Waals surface area contributed by atoms with E-state index in [1.807, 2.05) is 31.2 Å². The molecule has 1 fully saturated rings. The molecule has 1 aromatic carbocycles. The first-order chi connectivity index (χ1) is 9.45. The van der Waals surface area contributed by atoms with Gasteiger partial charge in [0.25, 0.3) is 5.91 Å². The number of aliphatic hydroxyl groups excluding tert-OH is 1. The van der Waals surface area contributed by atoms with Gasteiger partial charge < -0.3 is 15.7 Å². The van der Waals surface area contributed by atoms with Crippen molar-refractivity contribution in [1.29, 1.82) is 0 Å². The van der Waals surface area contributed by atoms with Crippen LogP contribution in [-0.4, -0.2) is 29.7 Å². The number of hydrogen-bond acceptors (Lipinski definition) is 3. The molecule has 4 heteroatoms. The van der Waals surface area contributed by atoms with Crippen molar-refractivity contribution in [2.45, 2.75) is 45.8 Å². The summed E-state index contributed by atoms with van der Waals surface area (Å²) in [5.41, 5.74) is 1.47. The monoisotopic (exact) mass is 276 g/mol. The largest absolute Gasteiger partial charge is 0.392 e. The zero-order valence-corrected chi connectivity index (χ0v) is 12.4. The van der Waals surface area contributed by atoms with Gasteiger partial charge in [0.15, 0.2) is 0 Å². The fraction of sp³-hybridized carbons (Fsp3) is 0.562. The van der Waals surface area contributed by atoms with Gasteiger partial charge in [-0.05, 0) is 31.0 Å². The molecule has 1 aliphatic carbocycles. The summed E-state index contributed by atoms with van der Waals surface area (Å²) in [4.78, 5) is 11.9. The zero-order chi connectivity index (χ0) is 14.8. The SMILES string of the molecule is CCCNC(=O)c1cccc(NC2CC(O)C2(C)C)c1. The molecule has 1 amide bonds. The predicted molar refractivity (Wildman–Crippen MR) is 80.9 cm³/mol. The summed E-state index contributed by atoms with van der Waals surface area (Å²) in [6.07, 6.45) is 1.42. The number of carbonyl (C=O) groups is 1. The van der Waals surface area contributed by atoms with Crippen LogP contribution in [0, 0.1) is 5.41 Å². The van der Waals surface area contributed by atoms with Crippen molar-refractivity contribution in [1.82, 2.24) is 5.32 Å². The Hall–Kier alpha value is -1.55. The number of nitrogens with one attached hydrogen (secondary N) is 2. The van der Waals surface area contributed by atoms with Crippen LogP contribution in [-0.2, 0) is 0 Å². The fourth-order valence-corrected chi connectivity index (χ4v) is 2.44. The number of benzene rings is 1. The van der Waals surface area contributed by atoms with Gasteiger partial charge in [0.05, 0.1) is 6.10 Å². The Morgan fingerprint density at radius 1 is 1.45 bits per heavy atom. The van der Waals surface area contributed by atoms with Crippen molar-refractivity contribution >= 4 is 11.6 Å². The van der Waals surface area contributed by atoms with E-state index in [1.165, 1.54) is 0 Å². The second kappa shape index (κ2) is 5.83. The Morgan fingerprint density at radius 2 is 2.20 bits per heavy atom. The molecule has 0 heterocycles. The number of anilines is 1. The van der Waals surface area contributed by atoms with Gasteiger partial charge >= 0.3 is 0 Å². The quantitative estimate of drug-likeness (QED) is 0.774. The Balaban J connectivity index is 2.02. The van der Waals surface area contributed by atoms with Gasteiger partial charge in [0, 0.05) is 29.3 Å². The van der Waals surface area contributed by atoms with E-state index in [-0.39, 0.29) is 23.5 Å². The summed E-state index contributed by atoms with van der Waals surface area (Å²) in [6, 6.07) is 7.76. The molecule has 1 aliphatic rings. The first kappa shape index (κ1) is 14.9. The number of aliphatic hydroxyl groups is 1. The van der Waals surface area contributed by atoms with Crippen LogP contribution >= 0.6 is 0 Å². The average molecular weight is 276 g/mol. The third kappa shape index (κ3) is 2.96. The Kier molecular flexibility index (Phi) is 4.33. The molecule has 0 spiro atoms. The summed E-state index contributed by atoms with van der Waals surface area (Å²) in [5.74, 6) is -0.0385. The minimum absolute atomic E-state index is 0.0385. The zero-order valence-electron chi connectivity index (χ0n) is 12.4. The molecule has 0 aliphatic heterocycles. The summed E-state index contributed by atoms with van der Waals surface area (Å²) in [6.45, 7) is 6.83. The van der Waals surface area contributed by atoms with Crippen LogP contribution in [0.3, 0.4) is 0 Å². The summed E-state index contributed by atoms with van der Waals surface area (Å²) in [7, 11) is 0. The fourth-order valence-electron chi connectivity index (χ4n) is 2.44. The molecule has 2 rings (SSSR count). The molecule has 1 aromatic rings. The topological polar surface area (TPSA) is 61.4 Å². The number of carbonyl (C=O) groups excluding carboxylic acids is 1. The van der Waals surface area contributed by atoms with Gasteiger partial charge in [0.1, 0.15) is 0 Å². The Labute approximate surface area is 120 Å². The lowest BCUT2D eigenvalue weighted by Gasteiger charge is -2.49. The van der Waals surface area contributed by atoms with E-state index < -0.39 is 0 Å². The van der Waals surface area contributed by atoms with E-state index >= 15 is 0 Å². The van der Waals surface area contributed by atoms with Crippen LogP contribution in [0.4, 0.5) is 5.69 Å². The molecule has 0 aromatic heterocycles. The van der Waals surface area contributed by atoms with E-state index in [4.69, 9.17) is 0 Å². The molecular weight excluding hydrogens is 252 g/mol. The molecule has 2 atom stereocenters. The second-order valence-corrected chi connectivity index (χ2v) is 6.11. The van der Waals surface area contributed by atoms with Crippen molar-refractivity contribution in [2.75, 3.05) is 11.9 Å². The molecule has 3 N–H and O–H groups in total. The molecule has 0 bridgehead atoms. The molecular formula is C16H24N2O2. The first-order valence-corrected chi connectivity index (χ1v) is 7.28. The smallest absolute Gasteiger partial charge is 0.251 e. The average Bonchev–Trinajstić information content (AvgIpc) is 2.44. The Morgan fingerprint density at radius 3 is 2.80 bits per heavy atom. The van der Waals surface area contributed by atoms with Crippen LogP contribution in [0.25, 0.3) is 0 Å². The summed E-state index contributed by atoms with van der Waals surface area (Å²) < 4.78 is 0. The Bertz CT molecular complexity index is 485. The van der Waals surface area contributed by atoms with Crippen molar-refractivity contribution in [3.63, 3.8) is 0 Å². The maximum absolute atomic E-state index is 11.9. The summed E-state index contributed by atoms with van der Waals surface area (Å²) >= 11 is 0. The van der Waals surface area contributed by atoms with Crippen molar-refractivity contribution < 1.29 is 9.90 Å². The lowest BCUT2D eigenvalue weighted by atomic mass is 9.64. The minimum atomic E-state index is -0.254. The first-order valence-electron chi connectivity index (χ1n) is 7.28. The highest BCUT2D eigenvalue weighted by molar-refractivity contribution is 5.95. The van der Waals surface area contributed by atoms with Gasteiger partial charge in [-0.1, -0.05) is 26.8 Å². The molecule has 0 saturated heterocycles. The van der Waals surface area contributed by atoms with Crippen LogP contribution in [0.2, 0.25) is 0 Å². The molecule has 4 nitrogen and oxygen atoms in total. The number of amides is 1. The standard InChI is InChI=1S/C16H24N2O2/c1-4-8-17-15(20)11-6-5-7-12(9-11)18-13-10-14(19)16(13,2)3/h5-7,9,13-14,18-19H,4,8,10H2,1-3H3,(H,17,20). The molecule has 0 radical (unpaired) electrons. The number of rotatable bonds is 5. The van der Waals surface area contributed by atoms with Gasteiger partial charge in [-0.25, -0.2) is 0 Å². The molecule has 2 unspecified atom stereocenters. The maximum atomic E-state index is 11.9. The van der Waals surface area contributed by atoms with E-state index in [9.17, 15) is 9.90 Å². The van der Waals surface area contributed by atoms with Crippen LogP contribution in [0.5, 0.6) is 0 Å². The van der Waals surface area contributed by atoms with Gasteiger partial charge in [0.2, 0.25) is 0 Å². The van der Waals surface area contributed by atoms with E-state index in [1.54, 1.807) is 0 Å². The predicted octanol–water partition coefficient (Wildman–Crippen LogP) is 2.40. The lowest BCUT2D eigenvalue weighted by Crippen LogP contribution is -2.56. The van der Waals surface area contributed by atoms with Gasteiger partial charge in [-0.2, -0.15) is 0 Å². The minimum Gasteiger partial charge on any atom is -0.392 e. The third-order valence-corrected chi connectivity index (χ3v) is 4.22. The van der Waals surface area contributed by atoms with E-state index in [2.05, 4.69) is 24.5 Å². The normalized spacial score (nSPS) is 23.8. The summed E-state index contributed by atoms with van der Waals surface area (Å²) in [5, 5.41) is 16.0. The van der Waals surface area contributed by atoms with Crippen LogP contribution in [0.15, 0.2) is 24.3 Å². The third-order valence-electron chi connectivity index (χ3n) is 4.22. The van der Waals surface area contributed by atoms with Gasteiger partial charge in [-0.3, -0.25) is 4.79 Å². The highest BCUT2D eigenvalue weighted by Gasteiger charge is 2.47. The molecule has 110 valence electrons. The molecule has 20 heavy (non-hydrogen) atoms. The van der Waals surface area contributed by atoms with Crippen molar-refractivity contribution in [3.8, 4) is 0 Å². The lowest BCUT2D eigenvalue weighted by molar-refractivity contribution is -0.0510. The maximum Gasteiger partial charge on any atom is 0.251 e. The van der Waals surface area contributed by atoms with Crippen LogP contribution in [0.1, 0.15) is 44.0 Å². The second-order valence-electron chi connectivity index (χ2n) is 6.11. The highest BCUT2D eigenvalue weighted by atomic mass is 16.3. The van der Waals surface area contributed by atoms with E-state index in [0.717, 1.165) is 18.5 Å².